The van der Waals surface area contributed by atoms with E-state index in [0.29, 0.717) is 4.31 Å². The van der Waals surface area contributed by atoms with E-state index in [2.05, 4.69) is 15.2 Å². The first-order chi connectivity index (χ1) is 23.6. The van der Waals surface area contributed by atoms with Crippen molar-refractivity contribution in [2.24, 2.45) is 5.92 Å². The van der Waals surface area contributed by atoms with E-state index in [-0.39, 0.29) is 74.1 Å². The third-order valence-corrected chi connectivity index (χ3v) is 9.39. The van der Waals surface area contributed by atoms with Crippen molar-refractivity contribution in [3.05, 3.63) is 96.1 Å². The van der Waals surface area contributed by atoms with Gasteiger partial charge in [-0.2, -0.15) is 4.31 Å². The van der Waals surface area contributed by atoms with Gasteiger partial charge in [0, 0.05) is 32.1 Å². The third kappa shape index (κ3) is 13.6. The number of unbranched alkanes of at least 4 members (excludes halogenated alkanes) is 1. The third-order valence-electron chi connectivity index (χ3n) is 7.19. The summed E-state index contributed by atoms with van der Waals surface area (Å²) in [7, 11) is -9.08. The van der Waals surface area contributed by atoms with E-state index in [1.54, 1.807) is 13.8 Å². The molecule has 4 atom stereocenters. The van der Waals surface area contributed by atoms with Crippen LogP contribution in [0.3, 0.4) is 0 Å². The summed E-state index contributed by atoms with van der Waals surface area (Å²) < 4.78 is 66.3. The van der Waals surface area contributed by atoms with Crippen molar-refractivity contribution in [1.82, 2.24) is 14.9 Å². The molecule has 0 radical (unpaired) electrons. The van der Waals surface area contributed by atoms with Gasteiger partial charge in [0.15, 0.2) is 0 Å². The number of amides is 2. The van der Waals surface area contributed by atoms with Crippen LogP contribution in [0.4, 0.5) is 10.5 Å². The summed E-state index contributed by atoms with van der Waals surface area (Å²) in [6.07, 6.45) is -0.715. The molecule has 0 saturated carbocycles. The molecule has 0 aliphatic rings. The Bertz CT molecular complexity index is 1650. The van der Waals surface area contributed by atoms with Gasteiger partial charge in [0.1, 0.15) is 6.04 Å². The minimum atomic E-state index is -5.73. The predicted molar refractivity (Wildman–Crippen MR) is 184 cm³/mol. The second-order valence-corrected chi connectivity index (χ2v) is 14.2. The second-order valence-electron chi connectivity index (χ2n) is 11.3. The van der Waals surface area contributed by atoms with Crippen molar-refractivity contribution in [3.63, 3.8) is 0 Å². The Balaban J connectivity index is 0.00000901. The summed E-state index contributed by atoms with van der Waals surface area (Å²) in [5, 5.41) is 5.42. The van der Waals surface area contributed by atoms with Gasteiger partial charge in [0.2, 0.25) is 15.9 Å². The summed E-state index contributed by atoms with van der Waals surface area (Å²) >= 11 is 0. The second kappa shape index (κ2) is 20.4. The average Bonchev–Trinajstić information content (AvgIpc) is 3.07. The van der Waals surface area contributed by atoms with Crippen LogP contribution >= 0.6 is 7.82 Å². The van der Waals surface area contributed by atoms with Gasteiger partial charge in [0.25, 0.3) is 0 Å². The molecule has 49 heavy (non-hydrogen) atoms. The van der Waals surface area contributed by atoms with E-state index in [0.717, 1.165) is 11.1 Å². The van der Waals surface area contributed by atoms with Crippen LogP contribution < -0.4 is 26.2 Å². The van der Waals surface area contributed by atoms with Crippen molar-refractivity contribution >= 4 is 73.3 Å². The number of benzene rings is 3. The van der Waals surface area contributed by atoms with E-state index in [4.69, 9.17) is 13.2 Å². The Labute approximate surface area is 321 Å². The van der Waals surface area contributed by atoms with Crippen molar-refractivity contribution in [2.75, 3.05) is 32.5 Å². The van der Waals surface area contributed by atoms with Crippen LogP contribution in [0, 0.1) is 5.92 Å². The quantitative estimate of drug-likeness (QED) is 0.0752. The number of phosphoric acid groups is 1. The van der Waals surface area contributed by atoms with Gasteiger partial charge in [-0.3, -0.25) is 4.79 Å². The van der Waals surface area contributed by atoms with E-state index in [1.165, 1.54) is 31.4 Å². The molecule has 0 heterocycles. The molecule has 2 amide bonds. The van der Waals surface area contributed by atoms with E-state index in [9.17, 15) is 32.4 Å². The Hall–Kier alpha value is -2.52. The van der Waals surface area contributed by atoms with E-state index < -0.39 is 66.9 Å². The molecule has 13 nitrogen and oxygen atoms in total. The van der Waals surface area contributed by atoms with Gasteiger partial charge < -0.3 is 40.0 Å². The number of rotatable bonds is 18. The van der Waals surface area contributed by atoms with Gasteiger partial charge in [0.05, 0.1) is 27.8 Å². The number of nitrogen functional groups attached to an aromatic ring is 1. The van der Waals surface area contributed by atoms with Crippen LogP contribution in [-0.2, 0) is 28.6 Å². The molecule has 0 fully saturated rings. The molecular formula is C33H43CaN4O9PS. The monoisotopic (exact) mass is 744 g/mol. The normalized spacial score (nSPS) is 14.9. The first-order valence-corrected chi connectivity index (χ1v) is 18.1. The number of ether oxygens (including phenoxy) is 1. The smallest absolute Gasteiger partial charge is 0.790 e. The molecule has 4 N–H and O–H groups in total. The molecule has 3 aromatic carbocycles. The Morgan fingerprint density at radius 2 is 1.51 bits per heavy atom. The zero-order chi connectivity index (χ0) is 37.1. The summed E-state index contributed by atoms with van der Waals surface area (Å²) in [6.45, 7) is -0.482. The number of carbonyl (C=O) groups excluding carboxylic acids is 2. The number of phosphoric ester groups is 1. The van der Waals surface area contributed by atoms with Crippen LogP contribution in [0.2, 0.25) is 0 Å². The topological polar surface area (TPSA) is 203 Å². The maximum atomic E-state index is 13.9. The van der Waals surface area contributed by atoms with Crippen LogP contribution in [-0.4, -0.2) is 101 Å². The minimum absolute atomic E-state index is 0. The van der Waals surface area contributed by atoms with Crippen LogP contribution in [0.15, 0.2) is 89.8 Å². The zero-order valence-corrected chi connectivity index (χ0v) is 31.6. The number of hydrogen-bond acceptors (Lipinski definition) is 10. The number of nitrogens with one attached hydrogen (secondary N) is 2. The number of nitrogens with zero attached hydrogens (tertiary/aromatic N) is 1. The van der Waals surface area contributed by atoms with Gasteiger partial charge in [-0.05, 0) is 54.2 Å². The van der Waals surface area contributed by atoms with Gasteiger partial charge >= 0.3 is 43.8 Å². The molecule has 0 saturated heterocycles. The molecule has 2 unspecified atom stereocenters. The van der Waals surface area contributed by atoms with Crippen molar-refractivity contribution in [2.45, 2.75) is 56.0 Å². The maximum Gasteiger partial charge on any atom is 2.00 e. The van der Waals surface area contributed by atoms with Crippen molar-refractivity contribution < 1.29 is 44.4 Å². The van der Waals surface area contributed by atoms with Crippen molar-refractivity contribution in [1.29, 1.82) is 0 Å². The molecule has 16 heteroatoms. The number of methoxy groups -OCH3 is 1. The number of anilines is 1. The number of nitrogens with two attached hydrogens (primary N) is 1. The molecule has 0 bridgehead atoms. The minimum Gasteiger partial charge on any atom is -0.790 e. The Kier molecular flexibility index (Phi) is 16.3. The van der Waals surface area contributed by atoms with E-state index >= 15 is 0 Å². The number of hydrogen-bond donors (Lipinski definition) is 3. The summed E-state index contributed by atoms with van der Waals surface area (Å²) in [5.41, 5.74) is 7.51. The number of carbonyl (C=O) groups is 2. The molecule has 0 aliphatic heterocycles. The molecule has 0 spiro atoms. The van der Waals surface area contributed by atoms with Crippen LogP contribution in [0.5, 0.6) is 0 Å². The molecule has 0 aliphatic carbocycles. The van der Waals surface area contributed by atoms with Crippen LogP contribution in [0.1, 0.15) is 52.9 Å². The largest absolute Gasteiger partial charge is 2.00 e. The predicted octanol–water partition coefficient (Wildman–Crippen LogP) is 2.59. The number of sulfonamides is 1. The van der Waals surface area contributed by atoms with Gasteiger partial charge in [-0.1, -0.05) is 80.9 Å². The molecule has 262 valence electrons. The average molecular weight is 745 g/mol. The summed E-state index contributed by atoms with van der Waals surface area (Å²) in [6, 6.07) is 20.7. The molecule has 0 aromatic heterocycles. The molecular weight excluding hydrogens is 700 g/mol. The fourth-order valence-corrected chi connectivity index (χ4v) is 6.94. The zero-order valence-electron chi connectivity index (χ0n) is 29.6. The first kappa shape index (κ1) is 39.3. The summed E-state index contributed by atoms with van der Waals surface area (Å²) in [4.78, 5) is 48.9. The standard InChI is InChI=1S/C33H45N4O9PS.Ca/c1-24(2)22-37(48(43,44)29-19-17-27(34)18-20-29)28(23-46-47(40,41)42)16-10-11-21-35-32(38)31(36-33(39)45-3)30(25-12-6-4-7-13-25)26-14-8-5-9-15-26;/h4-9,12-15,17-20,24,28,30-31H,10-11,16,21-23,34H2,1-3H3,(H,35,38)(H,36,39)(H2,40,41,42);/q;+2/p-2/t28-,31-;/m0./s1/i22D,23D;/t22?,23?,28-,31-;. The number of alkyl carbamates (subject to hydrolysis) is 1. The van der Waals surface area contributed by atoms with Crippen LogP contribution in [0.25, 0.3) is 0 Å². The molecule has 3 aromatic rings. The van der Waals surface area contributed by atoms with Crippen molar-refractivity contribution in [3.8, 4) is 0 Å². The SMILES string of the molecule is [2H]C(OP(=O)([O-])[O-])[C@H](CCCCNC(=O)[C@@H](NC(=O)OC)C(c1ccccc1)c1ccccc1)N(C([2H])C(C)C)S(=O)(=O)c1ccc(N)cc1.[Ca+2]. The van der Waals surface area contributed by atoms with Gasteiger partial charge in [-0.25, -0.2) is 13.2 Å². The maximum absolute atomic E-state index is 13.9. The first-order valence-electron chi connectivity index (χ1n) is 16.4. The fraction of sp³-hybridized carbons (Fsp3) is 0.394. The Morgan fingerprint density at radius 3 is 2.00 bits per heavy atom. The Morgan fingerprint density at radius 1 is 0.959 bits per heavy atom. The molecule has 3 rings (SSSR count). The summed E-state index contributed by atoms with van der Waals surface area (Å²) in [5.74, 6) is -1.75. The van der Waals surface area contributed by atoms with E-state index in [1.807, 2.05) is 60.7 Å². The fourth-order valence-electron chi connectivity index (χ4n) is 5.01. The van der Waals surface area contributed by atoms with Gasteiger partial charge in [-0.15, -0.1) is 0 Å².